The van der Waals surface area contributed by atoms with Gasteiger partial charge in [0.1, 0.15) is 18.1 Å². The number of alkyl halides is 3. The number of halogens is 3. The normalized spacial score (nSPS) is 11.0. The molecule has 3 aromatic heterocycles. The summed E-state index contributed by atoms with van der Waals surface area (Å²) in [5, 5.41) is 16.8. The molecule has 0 bridgehead atoms. The van der Waals surface area contributed by atoms with E-state index in [1.165, 1.54) is 37.0 Å². The first-order valence-corrected chi connectivity index (χ1v) is 9.73. The van der Waals surface area contributed by atoms with Crippen LogP contribution in [0, 0.1) is 6.92 Å². The third-order valence-electron chi connectivity index (χ3n) is 4.13. The fourth-order valence-corrected chi connectivity index (χ4v) is 2.78. The molecular weight excluding hydrogens is 475 g/mol. The van der Waals surface area contributed by atoms with E-state index in [4.69, 9.17) is 19.7 Å². The molecule has 11 nitrogen and oxygen atoms in total. The van der Waals surface area contributed by atoms with Gasteiger partial charge in [-0.1, -0.05) is 12.1 Å². The van der Waals surface area contributed by atoms with E-state index >= 15 is 0 Å². The lowest BCUT2D eigenvalue weighted by Crippen LogP contribution is -2.17. The lowest BCUT2D eigenvalue weighted by atomic mass is 10.1. The largest absolute Gasteiger partial charge is 0.573 e. The monoisotopic (exact) mass is 493 g/mol. The van der Waals surface area contributed by atoms with Crippen LogP contribution in [0.25, 0.3) is 11.3 Å². The van der Waals surface area contributed by atoms with Crippen LogP contribution in [0.5, 0.6) is 5.75 Å². The van der Waals surface area contributed by atoms with E-state index < -0.39 is 18.1 Å². The molecule has 0 unspecified atom stereocenters. The second-order valence-corrected chi connectivity index (χ2v) is 6.91. The Labute approximate surface area is 194 Å². The van der Waals surface area contributed by atoms with E-state index in [0.717, 1.165) is 12.1 Å². The summed E-state index contributed by atoms with van der Waals surface area (Å²) in [6.45, 7) is 3.25. The van der Waals surface area contributed by atoms with Crippen molar-refractivity contribution in [3.05, 3.63) is 65.7 Å². The molecule has 3 heterocycles. The third-order valence-corrected chi connectivity index (χ3v) is 4.13. The van der Waals surface area contributed by atoms with E-state index in [9.17, 15) is 22.8 Å². The number of ether oxygens (including phenoxy) is 1. The number of hydrogen-bond donors (Lipinski definition) is 2. The molecule has 0 radical (unpaired) electrons. The van der Waals surface area contributed by atoms with Gasteiger partial charge >= 0.3 is 12.3 Å². The summed E-state index contributed by atoms with van der Waals surface area (Å²) in [5.41, 5.74) is 5.17. The number of Topliss-reactive ketones (excluding diaryl/α,β-unsaturated/α-hetero) is 1. The number of benzene rings is 1. The van der Waals surface area contributed by atoms with Gasteiger partial charge in [0, 0.05) is 19.4 Å². The number of nitrogen functional groups attached to an aromatic ring is 1. The van der Waals surface area contributed by atoms with Gasteiger partial charge in [-0.15, -0.1) is 18.3 Å². The number of nitrogens with zero attached hydrogens (tertiary/aromatic N) is 4. The molecule has 4 aromatic rings. The molecule has 184 valence electrons. The quantitative estimate of drug-likeness (QED) is 0.377. The van der Waals surface area contributed by atoms with Crippen LogP contribution < -0.4 is 10.5 Å². The van der Waals surface area contributed by atoms with E-state index in [1.54, 1.807) is 12.1 Å². The van der Waals surface area contributed by atoms with Gasteiger partial charge in [0.25, 0.3) is 0 Å². The minimum atomic E-state index is -4.83. The zero-order chi connectivity index (χ0) is 25.8. The molecule has 0 aliphatic carbocycles. The van der Waals surface area contributed by atoms with Gasteiger partial charge in [0.15, 0.2) is 34.7 Å². The number of aromatic carboxylic acids is 1. The maximum absolute atomic E-state index is 12.1. The molecule has 4 rings (SSSR count). The Kier molecular flexibility index (Phi) is 7.22. The number of oxazole rings is 1. The number of nitrogens with two attached hydrogens (primary N) is 1. The van der Waals surface area contributed by atoms with Crippen molar-refractivity contribution in [1.29, 1.82) is 0 Å². The Hall–Kier alpha value is -4.62. The van der Waals surface area contributed by atoms with Crippen molar-refractivity contribution in [2.45, 2.75) is 26.8 Å². The number of carboxylic acid groups (broad SMARTS) is 1. The average Bonchev–Trinajstić information content (AvgIpc) is 3.48. The third kappa shape index (κ3) is 6.93. The SMILES string of the molecule is CC(=O)c1ccc(Cn2ncc(N)n2)o1.Cc1nc(C(=O)O)c(-c2cccc(OC(F)(F)F)c2)o1. The van der Waals surface area contributed by atoms with Gasteiger partial charge < -0.3 is 24.4 Å². The standard InChI is InChI=1S/C12H8F3NO4.C9H10N4O2/c1-6-16-9(11(17)18)10(19-6)7-3-2-4-8(5-7)20-12(13,14)15;1-6(14)8-3-2-7(15-8)5-13-11-4-9(10)12-13/h2-5H,1H3,(H,17,18);2-4H,5H2,1H3,(H2,10,12). The van der Waals surface area contributed by atoms with Crippen LogP contribution in [0.4, 0.5) is 19.0 Å². The maximum atomic E-state index is 12.1. The number of anilines is 1. The van der Waals surface area contributed by atoms with Crippen LogP contribution in [-0.2, 0) is 6.54 Å². The van der Waals surface area contributed by atoms with Crippen LogP contribution in [-0.4, -0.2) is 43.2 Å². The first-order chi connectivity index (χ1) is 16.4. The van der Waals surface area contributed by atoms with Crippen molar-refractivity contribution >= 4 is 17.6 Å². The number of ketones is 1. The van der Waals surface area contributed by atoms with E-state index in [0.29, 0.717) is 23.9 Å². The van der Waals surface area contributed by atoms with E-state index in [-0.39, 0.29) is 28.7 Å². The van der Waals surface area contributed by atoms with Gasteiger partial charge in [0.2, 0.25) is 0 Å². The van der Waals surface area contributed by atoms with Crippen LogP contribution in [0.2, 0.25) is 0 Å². The number of carboxylic acids is 1. The molecular formula is C21H18F3N5O6. The first-order valence-electron chi connectivity index (χ1n) is 9.73. The Bertz CT molecular complexity index is 1340. The number of carbonyl (C=O) groups excluding carboxylic acids is 1. The number of carbonyl (C=O) groups is 2. The molecule has 0 spiro atoms. The number of aromatic nitrogens is 4. The highest BCUT2D eigenvalue weighted by molar-refractivity contribution is 5.92. The van der Waals surface area contributed by atoms with E-state index in [1.807, 2.05) is 0 Å². The van der Waals surface area contributed by atoms with Crippen molar-refractivity contribution in [3.8, 4) is 17.1 Å². The summed E-state index contributed by atoms with van der Waals surface area (Å²) >= 11 is 0. The van der Waals surface area contributed by atoms with Gasteiger partial charge in [-0.2, -0.15) is 9.90 Å². The second kappa shape index (κ2) is 10.1. The highest BCUT2D eigenvalue weighted by Gasteiger charge is 2.31. The average molecular weight is 493 g/mol. The fraction of sp³-hybridized carbons (Fsp3) is 0.190. The Morgan fingerprint density at radius 3 is 2.51 bits per heavy atom. The predicted molar refractivity (Wildman–Crippen MR) is 113 cm³/mol. The molecule has 3 N–H and O–H groups in total. The smallest absolute Gasteiger partial charge is 0.476 e. The molecule has 0 saturated heterocycles. The van der Waals surface area contributed by atoms with Gasteiger partial charge in [0.05, 0.1) is 6.20 Å². The minimum Gasteiger partial charge on any atom is -0.476 e. The summed E-state index contributed by atoms with van der Waals surface area (Å²) < 4.78 is 50.6. The first kappa shape index (κ1) is 25.0. The summed E-state index contributed by atoms with van der Waals surface area (Å²) in [4.78, 5) is 27.0. The highest BCUT2D eigenvalue weighted by Crippen LogP contribution is 2.30. The zero-order valence-electron chi connectivity index (χ0n) is 18.2. The van der Waals surface area contributed by atoms with Crippen LogP contribution in [0.15, 0.2) is 51.4 Å². The van der Waals surface area contributed by atoms with Crippen molar-refractivity contribution in [1.82, 2.24) is 20.0 Å². The Morgan fingerprint density at radius 1 is 1.20 bits per heavy atom. The van der Waals surface area contributed by atoms with Gasteiger partial charge in [-0.05, 0) is 24.3 Å². The van der Waals surface area contributed by atoms with Crippen molar-refractivity contribution in [2.75, 3.05) is 5.73 Å². The summed E-state index contributed by atoms with van der Waals surface area (Å²) in [5.74, 6) is -0.620. The number of hydrogen-bond acceptors (Lipinski definition) is 9. The predicted octanol–water partition coefficient (Wildman–Crippen LogP) is 3.95. The topological polar surface area (TPSA) is 160 Å². The Morgan fingerprint density at radius 2 is 1.94 bits per heavy atom. The molecule has 0 aliphatic heterocycles. The second-order valence-electron chi connectivity index (χ2n) is 6.91. The maximum Gasteiger partial charge on any atom is 0.573 e. The van der Waals surface area contributed by atoms with Crippen molar-refractivity contribution in [2.24, 2.45) is 0 Å². The number of aryl methyl sites for hydroxylation is 1. The lowest BCUT2D eigenvalue weighted by molar-refractivity contribution is -0.274. The molecule has 35 heavy (non-hydrogen) atoms. The number of rotatable bonds is 6. The van der Waals surface area contributed by atoms with Crippen LogP contribution in [0.3, 0.4) is 0 Å². The molecule has 0 saturated carbocycles. The van der Waals surface area contributed by atoms with Crippen molar-refractivity contribution in [3.63, 3.8) is 0 Å². The highest BCUT2D eigenvalue weighted by atomic mass is 19.4. The molecule has 0 fully saturated rings. The van der Waals surface area contributed by atoms with Crippen LogP contribution in [0.1, 0.15) is 39.6 Å². The minimum absolute atomic E-state index is 0.0968. The number of furan rings is 1. The molecule has 0 aliphatic rings. The zero-order valence-corrected chi connectivity index (χ0v) is 18.2. The molecule has 0 amide bonds. The molecule has 0 atom stereocenters. The summed E-state index contributed by atoms with van der Waals surface area (Å²) in [6, 6.07) is 8.16. The fourth-order valence-electron chi connectivity index (χ4n) is 2.78. The van der Waals surface area contributed by atoms with Crippen molar-refractivity contribution < 1.29 is 41.4 Å². The lowest BCUT2D eigenvalue weighted by Gasteiger charge is -2.09. The van der Waals surface area contributed by atoms with Gasteiger partial charge in [-0.3, -0.25) is 4.79 Å². The van der Waals surface area contributed by atoms with Gasteiger partial charge in [-0.25, -0.2) is 9.78 Å². The van der Waals surface area contributed by atoms with E-state index in [2.05, 4.69) is 19.9 Å². The summed E-state index contributed by atoms with van der Waals surface area (Å²) in [7, 11) is 0. The summed E-state index contributed by atoms with van der Waals surface area (Å²) in [6.07, 6.45) is -3.37. The van der Waals surface area contributed by atoms with Crippen LogP contribution >= 0.6 is 0 Å². The molecule has 14 heteroatoms. The molecule has 1 aromatic carbocycles. The Balaban J connectivity index is 0.000000203.